The maximum atomic E-state index is 12.1. The molecular formula is C19H15ClO5. The van der Waals surface area contributed by atoms with Gasteiger partial charge >= 0.3 is 5.97 Å². The summed E-state index contributed by atoms with van der Waals surface area (Å²) in [6.07, 6.45) is 0. The molecule has 25 heavy (non-hydrogen) atoms. The Morgan fingerprint density at radius 2 is 1.72 bits per heavy atom. The summed E-state index contributed by atoms with van der Waals surface area (Å²) in [4.78, 5) is 12.1. The minimum Gasteiger partial charge on any atom is -0.493 e. The van der Waals surface area contributed by atoms with E-state index in [1.165, 1.54) is 0 Å². The second kappa shape index (κ2) is 7.77. The summed E-state index contributed by atoms with van der Waals surface area (Å²) in [6, 6.07) is 17.0. The lowest BCUT2D eigenvalue weighted by Gasteiger charge is -2.08. The molecular weight excluding hydrogens is 344 g/mol. The molecule has 0 amide bonds. The lowest BCUT2D eigenvalue weighted by atomic mass is 10.3. The Bertz CT molecular complexity index is 854. The minimum atomic E-state index is -0.592. The van der Waals surface area contributed by atoms with Crippen LogP contribution in [0.2, 0.25) is 5.02 Å². The summed E-state index contributed by atoms with van der Waals surface area (Å²) in [5, 5.41) is 0.563. The fraction of sp³-hybridized carbons (Fsp3) is 0.105. The molecule has 3 aromatic rings. The van der Waals surface area contributed by atoms with Crippen molar-refractivity contribution in [3.63, 3.8) is 0 Å². The molecule has 0 saturated heterocycles. The second-order valence-electron chi connectivity index (χ2n) is 5.05. The van der Waals surface area contributed by atoms with E-state index in [1.807, 2.05) is 12.1 Å². The molecule has 0 saturated carbocycles. The van der Waals surface area contributed by atoms with Crippen LogP contribution in [0.25, 0.3) is 0 Å². The van der Waals surface area contributed by atoms with Crippen LogP contribution in [0.4, 0.5) is 0 Å². The third-order valence-electron chi connectivity index (χ3n) is 3.33. The lowest BCUT2D eigenvalue weighted by Crippen LogP contribution is -2.07. The van der Waals surface area contributed by atoms with Crippen LogP contribution < -0.4 is 14.2 Å². The van der Waals surface area contributed by atoms with Crippen LogP contribution in [0.5, 0.6) is 17.2 Å². The van der Waals surface area contributed by atoms with Crippen LogP contribution in [0, 0.1) is 0 Å². The van der Waals surface area contributed by atoms with E-state index in [-0.39, 0.29) is 12.4 Å². The van der Waals surface area contributed by atoms with Crippen LogP contribution >= 0.6 is 11.6 Å². The zero-order valence-corrected chi connectivity index (χ0v) is 14.2. The zero-order valence-electron chi connectivity index (χ0n) is 13.4. The predicted octanol–water partition coefficient (Wildman–Crippen LogP) is 4.74. The van der Waals surface area contributed by atoms with Crippen LogP contribution in [-0.4, -0.2) is 13.1 Å². The number of ether oxygens (including phenoxy) is 3. The molecule has 0 spiro atoms. The van der Waals surface area contributed by atoms with E-state index in [0.717, 1.165) is 0 Å². The van der Waals surface area contributed by atoms with Gasteiger partial charge in [0.2, 0.25) is 5.76 Å². The van der Waals surface area contributed by atoms with E-state index in [1.54, 1.807) is 55.6 Å². The summed E-state index contributed by atoms with van der Waals surface area (Å²) in [5.41, 5.74) is 0. The van der Waals surface area contributed by atoms with Crippen LogP contribution in [-0.2, 0) is 6.61 Å². The lowest BCUT2D eigenvalue weighted by molar-refractivity contribution is 0.0697. The van der Waals surface area contributed by atoms with Gasteiger partial charge in [-0.25, -0.2) is 4.79 Å². The smallest absolute Gasteiger partial charge is 0.379 e. The molecule has 0 N–H and O–H groups in total. The van der Waals surface area contributed by atoms with Crippen LogP contribution in [0.1, 0.15) is 16.3 Å². The average Bonchev–Trinajstić information content (AvgIpc) is 3.11. The second-order valence-corrected chi connectivity index (χ2v) is 5.49. The minimum absolute atomic E-state index is 0.0913. The van der Waals surface area contributed by atoms with Gasteiger partial charge in [-0.3, -0.25) is 0 Å². The molecule has 0 aliphatic carbocycles. The summed E-state index contributed by atoms with van der Waals surface area (Å²) >= 11 is 5.79. The van der Waals surface area contributed by atoms with Crippen LogP contribution in [0.3, 0.4) is 0 Å². The summed E-state index contributed by atoms with van der Waals surface area (Å²) < 4.78 is 21.6. The van der Waals surface area contributed by atoms with Gasteiger partial charge in [0, 0.05) is 5.02 Å². The Morgan fingerprint density at radius 3 is 2.44 bits per heavy atom. The number of carbonyl (C=O) groups excluding carboxylic acids is 1. The van der Waals surface area contributed by atoms with Gasteiger partial charge in [0.25, 0.3) is 0 Å². The van der Waals surface area contributed by atoms with Crippen molar-refractivity contribution in [1.29, 1.82) is 0 Å². The standard InChI is InChI=1S/C19H15ClO5/c1-22-16-4-2-3-5-17(16)23-12-15-10-11-18(24-15)19(21)25-14-8-6-13(20)7-9-14/h2-11H,12H2,1H3. The highest BCUT2D eigenvalue weighted by molar-refractivity contribution is 6.30. The first-order chi connectivity index (χ1) is 12.2. The molecule has 6 heteroatoms. The number of furan rings is 1. The Hall–Kier alpha value is -2.92. The quantitative estimate of drug-likeness (QED) is 0.470. The van der Waals surface area contributed by atoms with Gasteiger partial charge in [0.1, 0.15) is 18.1 Å². The van der Waals surface area contributed by atoms with E-state index in [0.29, 0.717) is 28.0 Å². The monoisotopic (exact) mass is 358 g/mol. The number of methoxy groups -OCH3 is 1. The molecule has 0 unspecified atom stereocenters. The van der Waals surface area contributed by atoms with Crippen molar-refractivity contribution < 1.29 is 23.4 Å². The van der Waals surface area contributed by atoms with Gasteiger partial charge in [-0.05, 0) is 48.5 Å². The number of hydrogen-bond acceptors (Lipinski definition) is 5. The summed E-state index contributed by atoms with van der Waals surface area (Å²) in [5.74, 6) is 1.59. The van der Waals surface area contributed by atoms with E-state index in [4.69, 9.17) is 30.2 Å². The molecule has 0 radical (unpaired) electrons. The van der Waals surface area contributed by atoms with Crippen molar-refractivity contribution in [2.45, 2.75) is 6.61 Å². The van der Waals surface area contributed by atoms with Crippen molar-refractivity contribution in [1.82, 2.24) is 0 Å². The van der Waals surface area contributed by atoms with Gasteiger partial charge < -0.3 is 18.6 Å². The summed E-state index contributed by atoms with van der Waals surface area (Å²) in [7, 11) is 1.57. The van der Waals surface area contributed by atoms with Crippen molar-refractivity contribution in [2.75, 3.05) is 7.11 Å². The Labute approximate surface area is 149 Å². The van der Waals surface area contributed by atoms with Gasteiger partial charge in [0.15, 0.2) is 11.5 Å². The first kappa shape index (κ1) is 16.9. The topological polar surface area (TPSA) is 57.9 Å². The highest BCUT2D eigenvalue weighted by Gasteiger charge is 2.14. The van der Waals surface area contributed by atoms with E-state index >= 15 is 0 Å². The fourth-order valence-electron chi connectivity index (χ4n) is 2.11. The normalized spacial score (nSPS) is 10.3. The van der Waals surface area contributed by atoms with E-state index in [2.05, 4.69) is 0 Å². The number of carbonyl (C=O) groups is 1. The number of benzene rings is 2. The largest absolute Gasteiger partial charge is 0.493 e. The molecule has 0 atom stereocenters. The SMILES string of the molecule is COc1ccccc1OCc1ccc(C(=O)Oc2ccc(Cl)cc2)o1. The number of rotatable bonds is 6. The summed E-state index contributed by atoms with van der Waals surface area (Å²) in [6.45, 7) is 0.161. The first-order valence-electron chi connectivity index (χ1n) is 7.48. The molecule has 0 bridgehead atoms. The number of esters is 1. The molecule has 3 rings (SSSR count). The molecule has 0 fully saturated rings. The maximum Gasteiger partial charge on any atom is 0.379 e. The van der Waals surface area contributed by atoms with Crippen molar-refractivity contribution in [3.8, 4) is 17.2 Å². The Balaban J connectivity index is 1.61. The van der Waals surface area contributed by atoms with Crippen molar-refractivity contribution >= 4 is 17.6 Å². The third-order valence-corrected chi connectivity index (χ3v) is 3.58. The molecule has 1 heterocycles. The van der Waals surface area contributed by atoms with Gasteiger partial charge in [0.05, 0.1) is 7.11 Å². The van der Waals surface area contributed by atoms with Gasteiger partial charge in [-0.15, -0.1) is 0 Å². The van der Waals surface area contributed by atoms with Crippen molar-refractivity contribution in [2.24, 2.45) is 0 Å². The van der Waals surface area contributed by atoms with E-state index < -0.39 is 5.97 Å². The predicted molar refractivity (Wildman–Crippen MR) is 92.4 cm³/mol. The molecule has 0 aliphatic rings. The number of para-hydroxylation sites is 2. The van der Waals surface area contributed by atoms with Crippen LogP contribution in [0.15, 0.2) is 65.1 Å². The number of hydrogen-bond donors (Lipinski definition) is 0. The maximum absolute atomic E-state index is 12.1. The zero-order chi connectivity index (χ0) is 17.6. The average molecular weight is 359 g/mol. The molecule has 5 nitrogen and oxygen atoms in total. The van der Waals surface area contributed by atoms with Gasteiger partial charge in [-0.1, -0.05) is 23.7 Å². The third kappa shape index (κ3) is 4.33. The Morgan fingerprint density at radius 1 is 1.00 bits per heavy atom. The van der Waals surface area contributed by atoms with Gasteiger partial charge in [-0.2, -0.15) is 0 Å². The Kier molecular flexibility index (Phi) is 5.26. The molecule has 0 aliphatic heterocycles. The fourth-order valence-corrected chi connectivity index (χ4v) is 2.24. The highest BCUT2D eigenvalue weighted by Crippen LogP contribution is 2.27. The first-order valence-corrected chi connectivity index (χ1v) is 7.86. The molecule has 128 valence electrons. The molecule has 2 aromatic carbocycles. The van der Waals surface area contributed by atoms with Crippen molar-refractivity contribution in [3.05, 3.63) is 77.2 Å². The van der Waals surface area contributed by atoms with E-state index in [9.17, 15) is 4.79 Å². The molecule has 1 aromatic heterocycles. The number of halogens is 1. The highest BCUT2D eigenvalue weighted by atomic mass is 35.5.